The van der Waals surface area contributed by atoms with Crippen LogP contribution in [0.2, 0.25) is 0 Å². The van der Waals surface area contributed by atoms with Crippen LogP contribution < -0.4 is 5.32 Å². The Bertz CT molecular complexity index is 952. The number of aromatic nitrogens is 4. The number of rotatable bonds is 4. The van der Waals surface area contributed by atoms with Gasteiger partial charge in [0.2, 0.25) is 11.9 Å². The molecule has 1 aromatic carbocycles. The summed E-state index contributed by atoms with van der Waals surface area (Å²) in [6.45, 7) is 5.42. The van der Waals surface area contributed by atoms with E-state index in [0.29, 0.717) is 11.9 Å². The smallest absolute Gasteiger partial charge is 0.224 e. The van der Waals surface area contributed by atoms with Gasteiger partial charge in [-0.05, 0) is 43.9 Å². The van der Waals surface area contributed by atoms with Gasteiger partial charge >= 0.3 is 0 Å². The average Bonchev–Trinajstić information content (AvgIpc) is 3.12. The van der Waals surface area contributed by atoms with Crippen LogP contribution >= 0.6 is 0 Å². The van der Waals surface area contributed by atoms with Crippen LogP contribution in [-0.2, 0) is 4.79 Å². The number of amides is 1. The first kappa shape index (κ1) is 17.5. The lowest BCUT2D eigenvalue weighted by Crippen LogP contribution is -2.44. The number of benzene rings is 1. The summed E-state index contributed by atoms with van der Waals surface area (Å²) in [5.41, 5.74) is 1.95. The highest BCUT2D eigenvalue weighted by Gasteiger charge is 2.26. The van der Waals surface area contributed by atoms with Crippen molar-refractivity contribution in [2.75, 3.05) is 18.4 Å². The Labute approximate surface area is 158 Å². The number of para-hydroxylation sites is 2. The van der Waals surface area contributed by atoms with Crippen LogP contribution in [0.1, 0.15) is 26.7 Å². The molecule has 7 heteroatoms. The molecule has 0 saturated carbocycles. The van der Waals surface area contributed by atoms with E-state index in [2.05, 4.69) is 27.2 Å². The fraction of sp³-hybridized carbons (Fsp3) is 0.400. The summed E-state index contributed by atoms with van der Waals surface area (Å²) >= 11 is 0. The Balaban J connectivity index is 1.52. The van der Waals surface area contributed by atoms with Crippen LogP contribution in [0.5, 0.6) is 0 Å². The number of hydrogen-bond donors (Lipinski definition) is 1. The maximum atomic E-state index is 11.7. The van der Waals surface area contributed by atoms with E-state index in [0.717, 1.165) is 42.8 Å². The van der Waals surface area contributed by atoms with Crippen molar-refractivity contribution in [1.29, 1.82) is 0 Å². The summed E-state index contributed by atoms with van der Waals surface area (Å²) in [5.74, 6) is 1.92. The molecule has 2 atom stereocenters. The molecular formula is C20H24N6O. The lowest BCUT2D eigenvalue weighted by molar-refractivity contribution is -0.130. The average molecular weight is 364 g/mol. The third-order valence-electron chi connectivity index (χ3n) is 5.31. The van der Waals surface area contributed by atoms with E-state index in [-0.39, 0.29) is 11.9 Å². The van der Waals surface area contributed by atoms with Gasteiger partial charge in [-0.1, -0.05) is 12.1 Å². The number of nitrogens with zero attached hydrogens (tertiary/aromatic N) is 5. The third kappa shape index (κ3) is 3.63. The Hall–Kier alpha value is -2.96. The van der Waals surface area contributed by atoms with E-state index in [1.807, 2.05) is 39.8 Å². The van der Waals surface area contributed by atoms with Gasteiger partial charge in [0.15, 0.2) is 0 Å². The van der Waals surface area contributed by atoms with Gasteiger partial charge in [0.1, 0.15) is 12.1 Å². The van der Waals surface area contributed by atoms with E-state index < -0.39 is 0 Å². The summed E-state index contributed by atoms with van der Waals surface area (Å²) in [6, 6.07) is 10.0. The van der Waals surface area contributed by atoms with Gasteiger partial charge in [-0.2, -0.15) is 4.98 Å². The molecule has 0 bridgehead atoms. The molecule has 0 spiro atoms. The second kappa shape index (κ2) is 7.34. The molecule has 3 heterocycles. The highest BCUT2D eigenvalue weighted by molar-refractivity contribution is 5.76. The van der Waals surface area contributed by atoms with Crippen molar-refractivity contribution in [3.63, 3.8) is 0 Å². The van der Waals surface area contributed by atoms with Crippen LogP contribution in [-0.4, -0.2) is 49.5 Å². The summed E-state index contributed by atoms with van der Waals surface area (Å²) in [4.78, 5) is 27.1. The molecule has 3 aromatic rings. The third-order valence-corrected chi connectivity index (χ3v) is 5.31. The van der Waals surface area contributed by atoms with Crippen molar-refractivity contribution in [3.05, 3.63) is 42.9 Å². The fourth-order valence-electron chi connectivity index (χ4n) is 3.72. The first-order chi connectivity index (χ1) is 13.1. The van der Waals surface area contributed by atoms with E-state index in [4.69, 9.17) is 0 Å². The second-order valence-corrected chi connectivity index (χ2v) is 7.14. The van der Waals surface area contributed by atoms with E-state index in [1.165, 1.54) is 0 Å². The molecule has 4 rings (SSSR count). The van der Waals surface area contributed by atoms with Crippen LogP contribution in [0.25, 0.3) is 16.9 Å². The van der Waals surface area contributed by atoms with Gasteiger partial charge in [-0.15, -0.1) is 0 Å². The molecule has 0 aliphatic carbocycles. The predicted octanol–water partition coefficient (Wildman–Crippen LogP) is 2.87. The molecule has 2 aromatic heterocycles. The number of likely N-dealkylation sites (tertiary alicyclic amines) is 1. The second-order valence-electron chi connectivity index (χ2n) is 7.14. The van der Waals surface area contributed by atoms with Crippen LogP contribution in [0, 0.1) is 5.92 Å². The highest BCUT2D eigenvalue weighted by Crippen LogP contribution is 2.22. The molecule has 2 unspecified atom stereocenters. The highest BCUT2D eigenvalue weighted by atomic mass is 16.2. The van der Waals surface area contributed by atoms with Crippen molar-refractivity contribution >= 4 is 22.9 Å². The van der Waals surface area contributed by atoms with Gasteiger partial charge in [-0.25, -0.2) is 9.97 Å². The first-order valence-corrected chi connectivity index (χ1v) is 9.39. The van der Waals surface area contributed by atoms with Gasteiger partial charge in [-0.3, -0.25) is 9.36 Å². The minimum absolute atomic E-state index is 0.150. The molecule has 1 fully saturated rings. The number of fused-ring (bicyclic) bond motifs is 1. The molecule has 7 nitrogen and oxygen atoms in total. The normalized spacial score (nSPS) is 18.4. The number of carbonyl (C=O) groups excluding carboxylic acids is 1. The van der Waals surface area contributed by atoms with E-state index >= 15 is 0 Å². The molecule has 1 saturated heterocycles. The molecule has 0 radical (unpaired) electrons. The summed E-state index contributed by atoms with van der Waals surface area (Å²) < 4.78 is 1.96. The topological polar surface area (TPSA) is 75.9 Å². The van der Waals surface area contributed by atoms with E-state index in [9.17, 15) is 4.79 Å². The lowest BCUT2D eigenvalue weighted by Gasteiger charge is -2.35. The molecule has 1 aliphatic rings. The van der Waals surface area contributed by atoms with Gasteiger partial charge in [0.05, 0.1) is 11.0 Å². The standard InChI is InChI=1S/C20H24N6O/c1-14(16-6-5-11-25(12-16)15(2)27)23-20-21-10-9-19(24-20)26-13-22-17-7-3-4-8-18(17)26/h3-4,7-10,13-14,16H,5-6,11-12H2,1-2H3,(H,21,23,24). The van der Waals surface area contributed by atoms with Crippen LogP contribution in [0.3, 0.4) is 0 Å². The zero-order valence-electron chi connectivity index (χ0n) is 15.7. The first-order valence-electron chi connectivity index (χ1n) is 9.39. The largest absolute Gasteiger partial charge is 0.351 e. The Morgan fingerprint density at radius 3 is 2.96 bits per heavy atom. The van der Waals surface area contributed by atoms with Crippen molar-refractivity contribution in [3.8, 4) is 5.82 Å². The summed E-state index contributed by atoms with van der Waals surface area (Å²) in [7, 11) is 0. The number of hydrogen-bond acceptors (Lipinski definition) is 5. The Morgan fingerprint density at radius 2 is 2.11 bits per heavy atom. The number of piperidine rings is 1. The minimum Gasteiger partial charge on any atom is -0.351 e. The monoisotopic (exact) mass is 364 g/mol. The van der Waals surface area contributed by atoms with Crippen LogP contribution in [0.4, 0.5) is 5.95 Å². The SMILES string of the molecule is CC(=O)N1CCCC(C(C)Nc2nccc(-n3cnc4ccccc43)n2)C1. The molecule has 1 N–H and O–H groups in total. The zero-order valence-corrected chi connectivity index (χ0v) is 15.7. The number of nitrogens with one attached hydrogen (secondary N) is 1. The van der Waals surface area contributed by atoms with Crippen molar-refractivity contribution in [1.82, 2.24) is 24.4 Å². The fourth-order valence-corrected chi connectivity index (χ4v) is 3.72. The predicted molar refractivity (Wildman–Crippen MR) is 105 cm³/mol. The number of anilines is 1. The Kier molecular flexibility index (Phi) is 4.75. The minimum atomic E-state index is 0.150. The number of imidazole rings is 1. The molecular weight excluding hydrogens is 340 g/mol. The molecule has 1 aliphatic heterocycles. The quantitative estimate of drug-likeness (QED) is 0.770. The maximum absolute atomic E-state index is 11.7. The van der Waals surface area contributed by atoms with Gasteiger partial charge < -0.3 is 10.2 Å². The maximum Gasteiger partial charge on any atom is 0.224 e. The molecule has 1 amide bonds. The zero-order chi connectivity index (χ0) is 18.8. The Morgan fingerprint density at radius 1 is 1.26 bits per heavy atom. The summed E-state index contributed by atoms with van der Waals surface area (Å²) in [6.07, 6.45) is 5.68. The molecule has 27 heavy (non-hydrogen) atoms. The van der Waals surface area contributed by atoms with Crippen LogP contribution in [0.15, 0.2) is 42.9 Å². The summed E-state index contributed by atoms with van der Waals surface area (Å²) in [5, 5.41) is 3.43. The van der Waals surface area contributed by atoms with Crippen molar-refractivity contribution < 1.29 is 4.79 Å². The van der Waals surface area contributed by atoms with E-state index in [1.54, 1.807) is 19.4 Å². The van der Waals surface area contributed by atoms with Crippen molar-refractivity contribution in [2.45, 2.75) is 32.7 Å². The number of carbonyl (C=O) groups is 1. The van der Waals surface area contributed by atoms with Gasteiger partial charge in [0, 0.05) is 32.3 Å². The van der Waals surface area contributed by atoms with Crippen molar-refractivity contribution in [2.24, 2.45) is 5.92 Å². The lowest BCUT2D eigenvalue weighted by atomic mass is 9.91. The molecule has 140 valence electrons. The van der Waals surface area contributed by atoms with Gasteiger partial charge in [0.25, 0.3) is 0 Å².